The SMILES string of the molecule is Cc1cccc(COCC2CN(C(=O)c3ccc(OC(F)F)cc3)CCO2)c1. The number of nitrogens with zero attached hydrogens (tertiary/aromatic N) is 1. The van der Waals surface area contributed by atoms with Crippen LogP contribution < -0.4 is 4.74 Å². The third kappa shape index (κ3) is 5.74. The van der Waals surface area contributed by atoms with Gasteiger partial charge in [-0.05, 0) is 36.8 Å². The van der Waals surface area contributed by atoms with Crippen molar-refractivity contribution < 1.29 is 27.8 Å². The topological polar surface area (TPSA) is 48.0 Å². The quantitative estimate of drug-likeness (QED) is 0.723. The predicted octanol–water partition coefficient (Wildman–Crippen LogP) is 3.65. The van der Waals surface area contributed by atoms with E-state index in [4.69, 9.17) is 9.47 Å². The molecule has 0 spiro atoms. The van der Waals surface area contributed by atoms with Crippen LogP contribution in [0, 0.1) is 6.92 Å². The van der Waals surface area contributed by atoms with Crippen LogP contribution in [0.25, 0.3) is 0 Å². The van der Waals surface area contributed by atoms with E-state index >= 15 is 0 Å². The number of morpholine rings is 1. The lowest BCUT2D eigenvalue weighted by atomic mass is 10.1. The molecule has 5 nitrogen and oxygen atoms in total. The average Bonchev–Trinajstić information content (AvgIpc) is 2.68. The summed E-state index contributed by atoms with van der Waals surface area (Å²) in [5.74, 6) is -0.147. The van der Waals surface area contributed by atoms with Crippen LogP contribution in [0.2, 0.25) is 0 Å². The van der Waals surface area contributed by atoms with Crippen molar-refractivity contribution in [2.24, 2.45) is 0 Å². The van der Waals surface area contributed by atoms with Gasteiger partial charge >= 0.3 is 6.61 Å². The Kier molecular flexibility index (Phi) is 6.95. The van der Waals surface area contributed by atoms with Crippen LogP contribution in [0.5, 0.6) is 5.75 Å². The molecule has 2 aromatic carbocycles. The summed E-state index contributed by atoms with van der Waals surface area (Å²) in [5, 5.41) is 0. The molecule has 0 N–H and O–H groups in total. The second-order valence-electron chi connectivity index (χ2n) is 6.65. The number of aryl methyl sites for hydroxylation is 1. The van der Waals surface area contributed by atoms with Gasteiger partial charge in [0, 0.05) is 18.7 Å². The number of ether oxygens (including phenoxy) is 3. The minimum Gasteiger partial charge on any atom is -0.435 e. The Morgan fingerprint density at radius 2 is 2.04 bits per heavy atom. The van der Waals surface area contributed by atoms with Crippen molar-refractivity contribution in [2.45, 2.75) is 26.2 Å². The van der Waals surface area contributed by atoms with Crippen molar-refractivity contribution in [1.29, 1.82) is 0 Å². The highest BCUT2D eigenvalue weighted by Gasteiger charge is 2.25. The van der Waals surface area contributed by atoms with Crippen LogP contribution in [0.1, 0.15) is 21.5 Å². The summed E-state index contributed by atoms with van der Waals surface area (Å²) < 4.78 is 40.2. The first-order valence-electron chi connectivity index (χ1n) is 9.10. The number of halogens is 2. The van der Waals surface area contributed by atoms with E-state index in [1.807, 2.05) is 25.1 Å². The molecule has 1 fully saturated rings. The van der Waals surface area contributed by atoms with E-state index in [0.717, 1.165) is 5.56 Å². The molecule has 1 heterocycles. The number of carbonyl (C=O) groups is 1. The van der Waals surface area contributed by atoms with Gasteiger partial charge in [0.05, 0.1) is 25.9 Å². The van der Waals surface area contributed by atoms with Crippen LogP contribution in [-0.4, -0.2) is 49.8 Å². The number of carbonyl (C=O) groups excluding carboxylic acids is 1. The van der Waals surface area contributed by atoms with E-state index in [-0.39, 0.29) is 17.8 Å². The first-order valence-corrected chi connectivity index (χ1v) is 9.10. The molecule has 3 rings (SSSR count). The summed E-state index contributed by atoms with van der Waals surface area (Å²) in [7, 11) is 0. The van der Waals surface area contributed by atoms with Gasteiger partial charge in [-0.25, -0.2) is 0 Å². The monoisotopic (exact) mass is 391 g/mol. The molecule has 1 amide bonds. The molecular formula is C21H23F2NO4. The zero-order chi connectivity index (χ0) is 19.9. The predicted molar refractivity (Wildman–Crippen MR) is 99.6 cm³/mol. The number of benzene rings is 2. The molecule has 0 saturated carbocycles. The number of amides is 1. The maximum atomic E-state index is 12.7. The van der Waals surface area contributed by atoms with Crippen molar-refractivity contribution in [3.05, 3.63) is 65.2 Å². The number of hydrogen-bond donors (Lipinski definition) is 0. The highest BCUT2D eigenvalue weighted by molar-refractivity contribution is 5.94. The smallest absolute Gasteiger partial charge is 0.387 e. The van der Waals surface area contributed by atoms with Gasteiger partial charge in [-0.2, -0.15) is 8.78 Å². The largest absolute Gasteiger partial charge is 0.435 e. The summed E-state index contributed by atoms with van der Waals surface area (Å²) in [6.07, 6.45) is -0.205. The second-order valence-corrected chi connectivity index (χ2v) is 6.65. The Morgan fingerprint density at radius 1 is 1.25 bits per heavy atom. The van der Waals surface area contributed by atoms with Gasteiger partial charge in [0.2, 0.25) is 0 Å². The van der Waals surface area contributed by atoms with Gasteiger partial charge in [-0.3, -0.25) is 4.79 Å². The van der Waals surface area contributed by atoms with E-state index < -0.39 is 6.61 Å². The third-order valence-corrected chi connectivity index (χ3v) is 4.41. The van der Waals surface area contributed by atoms with Gasteiger partial charge in [0.1, 0.15) is 5.75 Å². The molecular weight excluding hydrogens is 368 g/mol. The van der Waals surface area contributed by atoms with E-state index in [0.29, 0.717) is 38.5 Å². The Hall–Kier alpha value is -2.51. The summed E-state index contributed by atoms with van der Waals surface area (Å²) in [5.41, 5.74) is 2.69. The van der Waals surface area contributed by atoms with Crippen LogP contribution in [0.4, 0.5) is 8.78 Å². The van der Waals surface area contributed by atoms with Gasteiger partial charge in [-0.1, -0.05) is 29.8 Å². The molecule has 1 atom stereocenters. The minimum atomic E-state index is -2.89. The van der Waals surface area contributed by atoms with Crippen molar-refractivity contribution >= 4 is 5.91 Å². The van der Waals surface area contributed by atoms with Gasteiger partial charge in [-0.15, -0.1) is 0 Å². The maximum absolute atomic E-state index is 12.7. The van der Waals surface area contributed by atoms with Crippen LogP contribution in [0.3, 0.4) is 0 Å². The molecule has 1 unspecified atom stereocenters. The summed E-state index contributed by atoms with van der Waals surface area (Å²) >= 11 is 0. The Balaban J connectivity index is 1.50. The first kappa shape index (κ1) is 20.2. The lowest BCUT2D eigenvalue weighted by molar-refractivity contribution is -0.0647. The first-order chi connectivity index (χ1) is 13.5. The minimum absolute atomic E-state index is 0.0240. The van der Waals surface area contributed by atoms with Crippen LogP contribution in [0.15, 0.2) is 48.5 Å². The standard InChI is InChI=1S/C21H23F2NO4/c1-15-3-2-4-16(11-15)13-26-14-19-12-24(9-10-27-19)20(25)17-5-7-18(8-6-17)28-21(22)23/h2-8,11,19,21H,9-10,12-14H2,1H3. The molecule has 150 valence electrons. The molecule has 0 aromatic heterocycles. The Labute approximate surface area is 162 Å². The number of hydrogen-bond acceptors (Lipinski definition) is 4. The third-order valence-electron chi connectivity index (χ3n) is 4.41. The fraction of sp³-hybridized carbons (Fsp3) is 0.381. The average molecular weight is 391 g/mol. The van der Waals surface area contributed by atoms with E-state index in [2.05, 4.69) is 10.8 Å². The van der Waals surface area contributed by atoms with Crippen molar-refractivity contribution in [3.8, 4) is 5.75 Å². The molecule has 7 heteroatoms. The van der Waals surface area contributed by atoms with Gasteiger partial charge in [0.25, 0.3) is 5.91 Å². The zero-order valence-electron chi connectivity index (χ0n) is 15.6. The van der Waals surface area contributed by atoms with Crippen LogP contribution >= 0.6 is 0 Å². The van der Waals surface area contributed by atoms with Gasteiger partial charge < -0.3 is 19.1 Å². The normalized spacial score (nSPS) is 17.0. The van der Waals surface area contributed by atoms with E-state index in [1.54, 1.807) is 4.90 Å². The Morgan fingerprint density at radius 3 is 2.75 bits per heavy atom. The van der Waals surface area contributed by atoms with Crippen molar-refractivity contribution in [2.75, 3.05) is 26.3 Å². The molecule has 0 aliphatic carbocycles. The molecule has 1 aliphatic rings. The zero-order valence-corrected chi connectivity index (χ0v) is 15.6. The summed E-state index contributed by atoms with van der Waals surface area (Å²) in [4.78, 5) is 14.3. The molecule has 2 aromatic rings. The highest BCUT2D eigenvalue weighted by Crippen LogP contribution is 2.17. The molecule has 1 saturated heterocycles. The number of rotatable bonds is 7. The molecule has 0 bridgehead atoms. The Bertz CT molecular complexity index is 782. The van der Waals surface area contributed by atoms with Crippen molar-refractivity contribution in [1.82, 2.24) is 4.90 Å². The van der Waals surface area contributed by atoms with E-state index in [9.17, 15) is 13.6 Å². The summed E-state index contributed by atoms with van der Waals surface area (Å²) in [6.45, 7) is 1.34. The lowest BCUT2D eigenvalue weighted by Gasteiger charge is -2.33. The van der Waals surface area contributed by atoms with Crippen LogP contribution in [-0.2, 0) is 16.1 Å². The number of alkyl halides is 2. The molecule has 28 heavy (non-hydrogen) atoms. The van der Waals surface area contributed by atoms with Gasteiger partial charge in [0.15, 0.2) is 0 Å². The maximum Gasteiger partial charge on any atom is 0.387 e. The molecule has 0 radical (unpaired) electrons. The molecule has 1 aliphatic heterocycles. The summed E-state index contributed by atoms with van der Waals surface area (Å²) in [6, 6.07) is 13.8. The van der Waals surface area contributed by atoms with Crippen molar-refractivity contribution in [3.63, 3.8) is 0 Å². The second kappa shape index (κ2) is 9.61. The fourth-order valence-electron chi connectivity index (χ4n) is 3.08. The lowest BCUT2D eigenvalue weighted by Crippen LogP contribution is -2.47. The highest BCUT2D eigenvalue weighted by atomic mass is 19.3. The van der Waals surface area contributed by atoms with E-state index in [1.165, 1.54) is 29.8 Å². The fourth-order valence-corrected chi connectivity index (χ4v) is 3.08.